The Kier molecular flexibility index (Phi) is 3.88. The summed E-state index contributed by atoms with van der Waals surface area (Å²) in [5.74, 6) is 0. The lowest BCUT2D eigenvalue weighted by molar-refractivity contribution is 0.200. The van der Waals surface area contributed by atoms with Gasteiger partial charge < -0.3 is 5.73 Å². The summed E-state index contributed by atoms with van der Waals surface area (Å²) in [6.07, 6.45) is 1.92. The summed E-state index contributed by atoms with van der Waals surface area (Å²) in [4.78, 5) is 2.28. The summed E-state index contributed by atoms with van der Waals surface area (Å²) in [5, 5.41) is 4.26. The zero-order valence-corrected chi connectivity index (χ0v) is 10.4. The maximum atomic E-state index is 5.84. The monoisotopic (exact) mass is 210 g/mol. The minimum Gasteiger partial charge on any atom is -0.329 e. The number of hydrogen-bond acceptors (Lipinski definition) is 3. The fraction of sp³-hybridized carbons (Fsp3) is 0.727. The lowest BCUT2D eigenvalue weighted by atomic mass is 10.1. The number of aryl methyl sites for hydroxylation is 1. The van der Waals surface area contributed by atoms with Crippen LogP contribution in [0.5, 0.6) is 0 Å². The molecule has 1 unspecified atom stereocenters. The van der Waals surface area contributed by atoms with Crippen LogP contribution in [0.25, 0.3) is 0 Å². The lowest BCUT2D eigenvalue weighted by Crippen LogP contribution is -2.35. The summed E-state index contributed by atoms with van der Waals surface area (Å²) >= 11 is 0. The third-order valence-electron chi connectivity index (χ3n) is 3.16. The van der Waals surface area contributed by atoms with E-state index in [1.165, 1.54) is 11.3 Å². The fourth-order valence-electron chi connectivity index (χ4n) is 1.72. The predicted octanol–water partition coefficient (Wildman–Crippen LogP) is 1.07. The Morgan fingerprint density at radius 1 is 1.53 bits per heavy atom. The predicted molar refractivity (Wildman–Crippen MR) is 62.6 cm³/mol. The van der Waals surface area contributed by atoms with Gasteiger partial charge in [0, 0.05) is 30.9 Å². The van der Waals surface area contributed by atoms with E-state index in [4.69, 9.17) is 5.73 Å². The maximum Gasteiger partial charge on any atom is 0.0540 e. The Hall–Kier alpha value is -0.870. The normalized spacial score (nSPS) is 13.9. The molecule has 0 amide bonds. The highest BCUT2D eigenvalue weighted by Gasteiger charge is 2.21. The van der Waals surface area contributed by atoms with Crippen molar-refractivity contribution in [3.8, 4) is 0 Å². The third kappa shape index (κ3) is 2.38. The second-order valence-corrected chi connectivity index (χ2v) is 4.32. The second-order valence-electron chi connectivity index (χ2n) is 4.32. The van der Waals surface area contributed by atoms with Crippen molar-refractivity contribution >= 4 is 0 Å². The molecule has 0 saturated carbocycles. The Morgan fingerprint density at radius 3 is 2.47 bits per heavy atom. The highest BCUT2D eigenvalue weighted by Crippen LogP contribution is 2.22. The standard InChI is InChI=1S/C11H22N4/c1-8(2)14(4)11(6-12)10-7-13-15(5)9(10)3/h7-8,11H,6,12H2,1-5H3. The molecule has 0 aliphatic rings. The molecule has 0 spiro atoms. The maximum absolute atomic E-state index is 5.84. The van der Waals surface area contributed by atoms with Gasteiger partial charge in [0.1, 0.15) is 0 Å². The zero-order chi connectivity index (χ0) is 11.6. The molecule has 0 radical (unpaired) electrons. The molecular formula is C11H22N4. The molecule has 2 N–H and O–H groups in total. The summed E-state index contributed by atoms with van der Waals surface area (Å²) in [5.41, 5.74) is 8.27. The average molecular weight is 210 g/mol. The molecule has 4 heteroatoms. The van der Waals surface area contributed by atoms with Crippen LogP contribution in [0.15, 0.2) is 6.20 Å². The van der Waals surface area contributed by atoms with Crippen molar-refractivity contribution in [2.45, 2.75) is 32.9 Å². The molecule has 4 nitrogen and oxygen atoms in total. The van der Waals surface area contributed by atoms with Crippen molar-refractivity contribution in [1.82, 2.24) is 14.7 Å². The van der Waals surface area contributed by atoms with Gasteiger partial charge in [-0.25, -0.2) is 0 Å². The topological polar surface area (TPSA) is 47.1 Å². The first-order chi connectivity index (χ1) is 6.99. The fourth-order valence-corrected chi connectivity index (χ4v) is 1.72. The van der Waals surface area contributed by atoms with Crippen molar-refractivity contribution in [3.05, 3.63) is 17.5 Å². The molecular weight excluding hydrogens is 188 g/mol. The van der Waals surface area contributed by atoms with Crippen LogP contribution >= 0.6 is 0 Å². The molecule has 15 heavy (non-hydrogen) atoms. The molecule has 1 heterocycles. The van der Waals surface area contributed by atoms with Crippen LogP contribution in [0, 0.1) is 6.92 Å². The van der Waals surface area contributed by atoms with Gasteiger partial charge in [0.25, 0.3) is 0 Å². The number of aromatic nitrogens is 2. The molecule has 1 aromatic rings. The molecule has 0 aromatic carbocycles. The second kappa shape index (κ2) is 4.77. The Balaban J connectivity index is 2.97. The molecule has 1 aromatic heterocycles. The van der Waals surface area contributed by atoms with Crippen LogP contribution in [-0.2, 0) is 7.05 Å². The first-order valence-electron chi connectivity index (χ1n) is 5.39. The van der Waals surface area contributed by atoms with E-state index in [0.717, 1.165) is 0 Å². The number of nitrogens with zero attached hydrogens (tertiary/aromatic N) is 3. The van der Waals surface area contributed by atoms with Gasteiger partial charge in [-0.05, 0) is 27.8 Å². The van der Waals surface area contributed by atoms with E-state index < -0.39 is 0 Å². The Bertz CT molecular complexity index is 316. The Morgan fingerprint density at radius 2 is 2.13 bits per heavy atom. The van der Waals surface area contributed by atoms with Gasteiger partial charge in [-0.3, -0.25) is 9.58 Å². The first kappa shape index (κ1) is 12.2. The third-order valence-corrected chi connectivity index (χ3v) is 3.16. The van der Waals surface area contributed by atoms with Crippen molar-refractivity contribution in [2.24, 2.45) is 12.8 Å². The van der Waals surface area contributed by atoms with Gasteiger partial charge in [0.2, 0.25) is 0 Å². The van der Waals surface area contributed by atoms with Crippen LogP contribution < -0.4 is 5.73 Å². The number of nitrogens with two attached hydrogens (primary N) is 1. The number of hydrogen-bond donors (Lipinski definition) is 1. The van der Waals surface area contributed by atoms with Gasteiger partial charge in [-0.2, -0.15) is 5.10 Å². The molecule has 1 atom stereocenters. The van der Waals surface area contributed by atoms with Gasteiger partial charge >= 0.3 is 0 Å². The van der Waals surface area contributed by atoms with Crippen molar-refractivity contribution in [1.29, 1.82) is 0 Å². The SMILES string of the molecule is Cc1c(C(CN)N(C)C(C)C)cnn1C. The zero-order valence-electron chi connectivity index (χ0n) is 10.4. The van der Waals surface area contributed by atoms with Gasteiger partial charge in [-0.15, -0.1) is 0 Å². The van der Waals surface area contributed by atoms with Crippen LogP contribution in [0.4, 0.5) is 0 Å². The first-order valence-corrected chi connectivity index (χ1v) is 5.39. The van der Waals surface area contributed by atoms with E-state index in [-0.39, 0.29) is 6.04 Å². The van der Waals surface area contributed by atoms with Crippen molar-refractivity contribution in [3.63, 3.8) is 0 Å². The molecule has 0 aliphatic carbocycles. The quantitative estimate of drug-likeness (QED) is 0.808. The van der Waals surface area contributed by atoms with Crippen LogP contribution in [-0.4, -0.2) is 34.3 Å². The smallest absolute Gasteiger partial charge is 0.0540 e. The molecule has 0 bridgehead atoms. The number of likely N-dealkylation sites (N-methyl/N-ethyl adjacent to an activating group) is 1. The van der Waals surface area contributed by atoms with E-state index >= 15 is 0 Å². The lowest BCUT2D eigenvalue weighted by Gasteiger charge is -2.30. The van der Waals surface area contributed by atoms with Crippen LogP contribution in [0.2, 0.25) is 0 Å². The van der Waals surface area contributed by atoms with Crippen LogP contribution in [0.1, 0.15) is 31.1 Å². The molecule has 86 valence electrons. The van der Waals surface area contributed by atoms with Crippen molar-refractivity contribution in [2.75, 3.05) is 13.6 Å². The molecule has 0 saturated heterocycles. The largest absolute Gasteiger partial charge is 0.329 e. The van der Waals surface area contributed by atoms with E-state index in [1.54, 1.807) is 0 Å². The van der Waals surface area contributed by atoms with E-state index in [2.05, 4.69) is 37.8 Å². The number of rotatable bonds is 4. The van der Waals surface area contributed by atoms with Gasteiger partial charge in [-0.1, -0.05) is 0 Å². The average Bonchev–Trinajstić information content (AvgIpc) is 2.50. The van der Waals surface area contributed by atoms with E-state index in [0.29, 0.717) is 12.6 Å². The highest BCUT2D eigenvalue weighted by atomic mass is 15.3. The summed E-state index contributed by atoms with van der Waals surface area (Å²) in [6.45, 7) is 7.06. The highest BCUT2D eigenvalue weighted by molar-refractivity contribution is 5.21. The van der Waals surface area contributed by atoms with Crippen LogP contribution in [0.3, 0.4) is 0 Å². The summed E-state index contributed by atoms with van der Waals surface area (Å²) < 4.78 is 1.90. The van der Waals surface area contributed by atoms with E-state index in [9.17, 15) is 0 Å². The van der Waals surface area contributed by atoms with Gasteiger partial charge in [0.05, 0.1) is 12.2 Å². The molecule has 1 rings (SSSR count). The molecule has 0 aliphatic heterocycles. The minimum atomic E-state index is 0.263. The van der Waals surface area contributed by atoms with Crippen molar-refractivity contribution < 1.29 is 0 Å². The Labute approximate surface area is 92.1 Å². The molecule has 0 fully saturated rings. The van der Waals surface area contributed by atoms with E-state index in [1.807, 2.05) is 17.9 Å². The minimum absolute atomic E-state index is 0.263. The summed E-state index contributed by atoms with van der Waals surface area (Å²) in [6, 6.07) is 0.747. The summed E-state index contributed by atoms with van der Waals surface area (Å²) in [7, 11) is 4.07. The van der Waals surface area contributed by atoms with Gasteiger partial charge in [0.15, 0.2) is 0 Å².